The third-order valence-electron chi connectivity index (χ3n) is 20.9. The van der Waals surface area contributed by atoms with Gasteiger partial charge < -0.3 is 54.0 Å². The molecule has 21 nitrogen and oxygen atoms in total. The summed E-state index contributed by atoms with van der Waals surface area (Å²) in [7, 11) is 0. The van der Waals surface area contributed by atoms with E-state index in [2.05, 4.69) is 10.6 Å². The highest BCUT2D eigenvalue weighted by Crippen LogP contribution is 2.65. The lowest BCUT2D eigenvalue weighted by atomic mass is 9.44. The first-order chi connectivity index (χ1) is 41.4. The largest absolute Gasteiger partial charge is 0.481 e. The molecular weight excluding hydrogens is 1120 g/mol. The first kappa shape index (κ1) is 63.0. The van der Waals surface area contributed by atoms with Crippen LogP contribution in [0.15, 0.2) is 71.8 Å². The van der Waals surface area contributed by atoms with Crippen LogP contribution >= 0.6 is 0 Å². The topological polar surface area (TPSA) is 300 Å². The van der Waals surface area contributed by atoms with Gasteiger partial charge in [-0.25, -0.2) is 9.59 Å². The van der Waals surface area contributed by atoms with Crippen LogP contribution in [-0.2, 0) is 76.3 Å². The van der Waals surface area contributed by atoms with Gasteiger partial charge in [0, 0.05) is 44.9 Å². The fourth-order valence-electron chi connectivity index (χ4n) is 16.3. The maximum atomic E-state index is 16.5. The molecule has 4 N–H and O–H groups in total. The van der Waals surface area contributed by atoms with Gasteiger partial charge in [-0.05, 0) is 112 Å². The molecule has 4 bridgehead atoms. The van der Waals surface area contributed by atoms with Gasteiger partial charge in [0.1, 0.15) is 42.1 Å². The van der Waals surface area contributed by atoms with Crippen LogP contribution in [0.3, 0.4) is 0 Å². The molecule has 2 aromatic rings. The number of nitrogens with one attached hydrogen (secondary N) is 2. The van der Waals surface area contributed by atoms with Crippen LogP contribution in [0.1, 0.15) is 173 Å². The molecule has 2 amide bonds. The van der Waals surface area contributed by atoms with E-state index in [4.69, 9.17) is 33.2 Å². The quantitative estimate of drug-likeness (QED) is 0.0585. The first-order valence-corrected chi connectivity index (χ1v) is 31.1. The van der Waals surface area contributed by atoms with E-state index in [0.717, 1.165) is 52.4 Å². The number of ketones is 1. The highest BCUT2D eigenvalue weighted by Gasteiger charge is 2.79. The lowest BCUT2D eigenvalue weighted by molar-refractivity contribution is -0.346. The second-order valence-electron chi connectivity index (χ2n) is 26.5. The molecule has 0 radical (unpaired) electrons. The molecule has 1 aliphatic heterocycles. The highest BCUT2D eigenvalue weighted by molar-refractivity contribution is 5.96. The van der Waals surface area contributed by atoms with Crippen LogP contribution in [0.4, 0.5) is 0 Å². The standard InChI is InChI=1S/C66H82N2O19/c1-35-46(83-62(79)54(85-60(77)41-23-15-16-24-41)52(39-17-9-7-10-18-39)68-58(75)45(27-28-50(72)73)67-49(71)31-44-30-38-25-26-43(44)29-38)33-66(80)57(86-61(78)42-19-11-8-12-20-42)55-64(6,56(74)53(82-36(2)69)51(35)63(66,4)5)47(84-59(76)40-21-13-14-22-40)32-48-65(55,34-81-48)87-37(3)70/h7-12,17-20,38,40-41,43-48,52-55,57,80H,13-16,21-34H2,1-6H3,(H,67,71)(H,68,75)(H,72,73)/t38?,43?,44?,45-,46+,47+,48-,52+,53-,54-,55+,57+,64-,65+,66-/m1/s1. The lowest BCUT2D eigenvalue weighted by Gasteiger charge is -2.67. The van der Waals surface area contributed by atoms with E-state index < -0.39 is 161 Å². The average Bonchev–Trinajstić information content (AvgIpc) is 1.05. The molecular formula is C66H82N2O19. The number of fused-ring (bicyclic) bond motifs is 7. The van der Waals surface area contributed by atoms with E-state index >= 15 is 9.59 Å². The average molecular weight is 1210 g/mol. The van der Waals surface area contributed by atoms with Crippen molar-refractivity contribution in [3.05, 3.63) is 82.9 Å². The summed E-state index contributed by atoms with van der Waals surface area (Å²) in [6.07, 6.45) is -2.86. The maximum Gasteiger partial charge on any atom is 0.350 e. The number of aliphatic hydroxyl groups is 1. The zero-order valence-electron chi connectivity index (χ0n) is 50.4. The molecule has 15 atom stereocenters. The molecule has 6 saturated carbocycles. The summed E-state index contributed by atoms with van der Waals surface area (Å²) < 4.78 is 44.6. The van der Waals surface area contributed by atoms with E-state index in [-0.39, 0.29) is 54.1 Å². The van der Waals surface area contributed by atoms with Crippen molar-refractivity contribution >= 4 is 59.4 Å². The van der Waals surface area contributed by atoms with E-state index in [9.17, 15) is 48.6 Å². The summed E-state index contributed by atoms with van der Waals surface area (Å²) >= 11 is 0. The third kappa shape index (κ3) is 12.2. The van der Waals surface area contributed by atoms with Crippen LogP contribution < -0.4 is 10.6 Å². The number of carboxylic acids is 1. The lowest BCUT2D eigenvalue weighted by Crippen LogP contribution is -2.82. The van der Waals surface area contributed by atoms with E-state index in [0.29, 0.717) is 50.4 Å². The van der Waals surface area contributed by atoms with Crippen molar-refractivity contribution < 1.29 is 91.3 Å². The Morgan fingerprint density at radius 1 is 0.747 bits per heavy atom. The number of hydrogen-bond donors (Lipinski definition) is 4. The van der Waals surface area contributed by atoms with Gasteiger partial charge in [-0.2, -0.15) is 0 Å². The normalized spacial score (nSPS) is 32.5. The SMILES string of the molecule is CC(=O)O[C@H]1C(=O)[C@]2(C)[C@@H](OC(=O)C3CCCC3)C[C@H]3OC[C@@]3(OC(C)=O)[C@H]2[C@H](OC(=O)c2ccccc2)[C@]2(O)C[C@H](OC(=O)[C@H](OC(=O)C3CCCC3)[C@@H](NC(=O)[C@@H](CCC(=O)O)NC(=O)CC3CC4CCC3C4)c3ccccc3)C(C)=C1C2(C)C. The minimum atomic E-state index is -2.55. The van der Waals surface area contributed by atoms with Gasteiger partial charge in [0.25, 0.3) is 0 Å². The number of Topliss-reactive ketones (excluding diaryl/α,β-unsaturated/α-hetero) is 1. The number of hydrogen-bond acceptors (Lipinski definition) is 18. The number of rotatable bonds is 20. The van der Waals surface area contributed by atoms with Crippen LogP contribution in [0.25, 0.3) is 0 Å². The van der Waals surface area contributed by atoms with E-state index in [1.54, 1.807) is 62.4 Å². The fourth-order valence-corrected chi connectivity index (χ4v) is 16.3. The number of amides is 2. The minimum Gasteiger partial charge on any atom is -0.481 e. The Morgan fingerprint density at radius 3 is 1.97 bits per heavy atom. The van der Waals surface area contributed by atoms with Gasteiger partial charge in [0.05, 0.1) is 35.3 Å². The Bertz CT molecular complexity index is 3040. The van der Waals surface area contributed by atoms with Gasteiger partial charge in [0.15, 0.2) is 17.5 Å². The molecule has 10 rings (SSSR count). The Morgan fingerprint density at radius 2 is 1.39 bits per heavy atom. The van der Waals surface area contributed by atoms with Gasteiger partial charge >= 0.3 is 41.8 Å². The summed E-state index contributed by atoms with van der Waals surface area (Å²) in [5.74, 6) is -10.7. The summed E-state index contributed by atoms with van der Waals surface area (Å²) in [6.45, 7) is 7.94. The van der Waals surface area contributed by atoms with Crippen molar-refractivity contribution in [1.82, 2.24) is 10.6 Å². The second-order valence-corrected chi connectivity index (χ2v) is 26.5. The molecule has 1 heterocycles. The Balaban J connectivity index is 1.09. The summed E-state index contributed by atoms with van der Waals surface area (Å²) in [6, 6.07) is 12.9. The highest BCUT2D eigenvalue weighted by atomic mass is 16.6. The molecule has 21 heteroatoms. The fraction of sp³-hybridized carbons (Fsp3) is 0.636. The number of esters is 6. The Kier molecular flexibility index (Phi) is 18.3. The second kappa shape index (κ2) is 25.2. The minimum absolute atomic E-state index is 0.0202. The van der Waals surface area contributed by atoms with E-state index in [1.807, 2.05) is 0 Å². The molecule has 7 fully saturated rings. The van der Waals surface area contributed by atoms with Gasteiger partial charge in [0.2, 0.25) is 17.9 Å². The number of aliphatic carboxylic acids is 1. The van der Waals surface area contributed by atoms with Crippen LogP contribution in [0, 0.1) is 46.3 Å². The van der Waals surface area contributed by atoms with E-state index in [1.165, 1.54) is 26.0 Å². The van der Waals surface area contributed by atoms with Crippen molar-refractivity contribution in [2.24, 2.45) is 46.3 Å². The number of carbonyl (C=O) groups excluding carboxylic acids is 9. The Labute approximate surface area is 506 Å². The number of ether oxygens (including phenoxy) is 7. The molecule has 2 aromatic carbocycles. The predicted octanol–water partition coefficient (Wildman–Crippen LogP) is 7.08. The van der Waals surface area contributed by atoms with Gasteiger partial charge in [-0.15, -0.1) is 0 Å². The van der Waals surface area contributed by atoms with Gasteiger partial charge in [-0.1, -0.05) is 94.5 Å². The van der Waals surface area contributed by atoms with Crippen molar-refractivity contribution in [2.75, 3.05) is 6.61 Å². The van der Waals surface area contributed by atoms with Crippen molar-refractivity contribution in [3.63, 3.8) is 0 Å². The smallest absolute Gasteiger partial charge is 0.350 e. The molecule has 0 aromatic heterocycles. The van der Waals surface area contributed by atoms with Crippen LogP contribution in [0.2, 0.25) is 0 Å². The molecule has 0 spiro atoms. The molecule has 7 aliphatic carbocycles. The molecule has 470 valence electrons. The monoisotopic (exact) mass is 1210 g/mol. The van der Waals surface area contributed by atoms with Crippen LogP contribution in [0.5, 0.6) is 0 Å². The zero-order valence-corrected chi connectivity index (χ0v) is 50.4. The molecule has 87 heavy (non-hydrogen) atoms. The van der Waals surface area contributed by atoms with Crippen LogP contribution in [-0.4, -0.2) is 130 Å². The number of carboxylic acid groups (broad SMARTS) is 1. The summed E-state index contributed by atoms with van der Waals surface area (Å²) in [5, 5.41) is 29.9. The molecule has 3 unspecified atom stereocenters. The number of benzene rings is 2. The zero-order chi connectivity index (χ0) is 62.3. The van der Waals surface area contributed by atoms with Crippen molar-refractivity contribution in [1.29, 1.82) is 0 Å². The maximum absolute atomic E-state index is 16.5. The Hall–Kier alpha value is -7.00. The van der Waals surface area contributed by atoms with Gasteiger partial charge in [-0.3, -0.25) is 38.4 Å². The first-order valence-electron chi connectivity index (χ1n) is 31.1. The van der Waals surface area contributed by atoms with Crippen molar-refractivity contribution in [2.45, 2.75) is 211 Å². The molecule has 1 saturated heterocycles. The van der Waals surface area contributed by atoms with Crippen molar-refractivity contribution in [3.8, 4) is 0 Å². The molecule has 8 aliphatic rings. The predicted molar refractivity (Wildman–Crippen MR) is 306 cm³/mol. The summed E-state index contributed by atoms with van der Waals surface area (Å²) in [4.78, 5) is 144. The number of carbonyl (C=O) groups is 10. The summed E-state index contributed by atoms with van der Waals surface area (Å²) in [5.41, 5.74) is -8.11. The third-order valence-corrected chi connectivity index (χ3v) is 20.9.